The van der Waals surface area contributed by atoms with Crippen LogP contribution in [0.2, 0.25) is 0 Å². The predicted octanol–water partition coefficient (Wildman–Crippen LogP) is 0.588. The summed E-state index contributed by atoms with van der Waals surface area (Å²) in [6, 6.07) is 3.62. The lowest BCUT2D eigenvalue weighted by Crippen LogP contribution is -2.18. The van der Waals surface area contributed by atoms with Crippen LogP contribution in [0.5, 0.6) is 10.1 Å². The Morgan fingerprint density at radius 1 is 0.923 bits per heavy atom. The molecule has 0 atom stereocenters. The van der Waals surface area contributed by atoms with E-state index in [2.05, 4.69) is 0 Å². The fourth-order valence-electron chi connectivity index (χ4n) is 1.68. The van der Waals surface area contributed by atoms with Crippen molar-refractivity contribution < 1.29 is 10.2 Å². The summed E-state index contributed by atoms with van der Waals surface area (Å²) in [4.78, 5) is 2.25. The molecule has 0 aliphatic carbocycles. The second kappa shape index (κ2) is 2.30. The second-order valence-corrected chi connectivity index (χ2v) is 5.12. The molecule has 2 aromatic heterocycles. The highest BCUT2D eigenvalue weighted by molar-refractivity contribution is 7.27. The van der Waals surface area contributed by atoms with Crippen LogP contribution in [0, 0.1) is 0 Å². The van der Waals surface area contributed by atoms with Gasteiger partial charge in [0.15, 0.2) is 17.4 Å². The van der Waals surface area contributed by atoms with Crippen LogP contribution in [0.3, 0.4) is 0 Å². The number of aromatic hydroxyl groups is 2. The van der Waals surface area contributed by atoms with Crippen LogP contribution >= 0.6 is 22.7 Å². The maximum atomic E-state index is 9.29. The smallest absolute Gasteiger partial charge is 0.196 e. The number of rotatable bonds is 0. The van der Waals surface area contributed by atoms with Gasteiger partial charge in [0.05, 0.1) is 0 Å². The van der Waals surface area contributed by atoms with E-state index in [4.69, 9.17) is 0 Å². The molecular formula is C8H5BO2S2. The zero-order valence-corrected chi connectivity index (χ0v) is 8.21. The van der Waals surface area contributed by atoms with Crippen molar-refractivity contribution in [3.8, 4) is 19.9 Å². The Morgan fingerprint density at radius 2 is 1.38 bits per heavy atom. The van der Waals surface area contributed by atoms with Crippen LogP contribution in [0.1, 0.15) is 0 Å². The highest BCUT2D eigenvalue weighted by Gasteiger charge is 2.25. The SMILES string of the molecule is Oc1cc2c(s1)-c1sc(O)cc1B2. The van der Waals surface area contributed by atoms with Crippen LogP contribution in [0.25, 0.3) is 9.75 Å². The summed E-state index contributed by atoms with van der Waals surface area (Å²) < 4.78 is 0. The molecule has 0 radical (unpaired) electrons. The van der Waals surface area contributed by atoms with E-state index in [0.29, 0.717) is 10.1 Å². The van der Waals surface area contributed by atoms with Gasteiger partial charge in [-0.1, -0.05) is 33.6 Å². The molecule has 2 aromatic rings. The number of hydrogen-bond donors (Lipinski definition) is 2. The maximum Gasteiger partial charge on any atom is 0.196 e. The van der Waals surface area contributed by atoms with Gasteiger partial charge >= 0.3 is 0 Å². The van der Waals surface area contributed by atoms with Gasteiger partial charge in [-0.15, -0.1) is 0 Å². The average Bonchev–Trinajstić information content (AvgIpc) is 2.60. The van der Waals surface area contributed by atoms with E-state index >= 15 is 0 Å². The molecule has 64 valence electrons. The molecule has 5 heteroatoms. The standard InChI is InChI=1S/C8H5BO2S2/c10-5-1-3-7(12-5)8-4(9-3)2-6(11)13-8/h1-2,9-11H. The first-order valence-electron chi connectivity index (χ1n) is 3.88. The van der Waals surface area contributed by atoms with Crippen LogP contribution in [-0.4, -0.2) is 17.5 Å². The van der Waals surface area contributed by atoms with Gasteiger partial charge < -0.3 is 10.2 Å². The topological polar surface area (TPSA) is 40.5 Å². The molecule has 1 aliphatic rings. The number of fused-ring (bicyclic) bond motifs is 3. The van der Waals surface area contributed by atoms with Gasteiger partial charge in [-0.25, -0.2) is 0 Å². The molecule has 0 bridgehead atoms. The van der Waals surface area contributed by atoms with Crippen molar-refractivity contribution in [1.29, 1.82) is 0 Å². The van der Waals surface area contributed by atoms with Crippen molar-refractivity contribution in [2.75, 3.05) is 0 Å². The molecule has 0 saturated carbocycles. The lowest BCUT2D eigenvalue weighted by Gasteiger charge is -1.86. The van der Waals surface area contributed by atoms with Crippen LogP contribution < -0.4 is 10.9 Å². The summed E-state index contributed by atoms with van der Waals surface area (Å²) in [5.41, 5.74) is 2.37. The van der Waals surface area contributed by atoms with Crippen molar-refractivity contribution >= 4 is 40.9 Å². The Labute approximate surface area is 83.3 Å². The minimum atomic E-state index is 0.364. The van der Waals surface area contributed by atoms with Gasteiger partial charge in [-0.2, -0.15) is 0 Å². The quantitative estimate of drug-likeness (QED) is 0.531. The van der Waals surface area contributed by atoms with Crippen LogP contribution in [0.15, 0.2) is 12.1 Å². The van der Waals surface area contributed by atoms with Gasteiger partial charge in [0, 0.05) is 9.75 Å². The fraction of sp³-hybridized carbons (Fsp3) is 0. The molecule has 0 spiro atoms. The summed E-state index contributed by atoms with van der Waals surface area (Å²) in [5.74, 6) is 0. The van der Waals surface area contributed by atoms with Crippen molar-refractivity contribution in [1.82, 2.24) is 0 Å². The van der Waals surface area contributed by atoms with E-state index in [1.54, 1.807) is 0 Å². The van der Waals surface area contributed by atoms with Crippen LogP contribution in [-0.2, 0) is 0 Å². The highest BCUT2D eigenvalue weighted by Crippen LogP contribution is 2.38. The summed E-state index contributed by atoms with van der Waals surface area (Å²) >= 11 is 2.78. The average molecular weight is 208 g/mol. The van der Waals surface area contributed by atoms with Crippen molar-refractivity contribution in [3.05, 3.63) is 12.1 Å². The molecule has 3 rings (SSSR count). The Morgan fingerprint density at radius 3 is 1.85 bits per heavy atom. The molecule has 2 nitrogen and oxygen atoms in total. The molecule has 2 N–H and O–H groups in total. The van der Waals surface area contributed by atoms with Crippen molar-refractivity contribution in [3.63, 3.8) is 0 Å². The number of hydrogen-bond acceptors (Lipinski definition) is 4. The zero-order valence-electron chi connectivity index (χ0n) is 6.57. The van der Waals surface area contributed by atoms with Gasteiger partial charge in [-0.3, -0.25) is 0 Å². The zero-order chi connectivity index (χ0) is 9.00. The first-order chi connectivity index (χ1) is 6.24. The number of thiophene rings is 2. The molecule has 0 unspecified atom stereocenters. The van der Waals surface area contributed by atoms with Crippen LogP contribution in [0.4, 0.5) is 0 Å². The first kappa shape index (κ1) is 7.47. The van der Waals surface area contributed by atoms with E-state index in [-0.39, 0.29) is 0 Å². The Kier molecular flexibility index (Phi) is 1.32. The van der Waals surface area contributed by atoms with Crippen molar-refractivity contribution in [2.24, 2.45) is 0 Å². The van der Waals surface area contributed by atoms with E-state index in [0.717, 1.165) is 17.0 Å². The van der Waals surface area contributed by atoms with Gasteiger partial charge in [0.25, 0.3) is 0 Å². The van der Waals surface area contributed by atoms with E-state index in [1.807, 2.05) is 12.1 Å². The largest absolute Gasteiger partial charge is 0.499 e. The maximum absolute atomic E-state index is 9.29. The van der Waals surface area contributed by atoms with Gasteiger partial charge in [0.1, 0.15) is 0 Å². The van der Waals surface area contributed by atoms with E-state index in [1.165, 1.54) is 33.6 Å². The monoisotopic (exact) mass is 208 g/mol. The van der Waals surface area contributed by atoms with Gasteiger partial charge in [-0.05, 0) is 12.1 Å². The lowest BCUT2D eigenvalue weighted by molar-refractivity contribution is 0.491. The van der Waals surface area contributed by atoms with Gasteiger partial charge in [0.2, 0.25) is 0 Å². The molecule has 3 heterocycles. The minimum Gasteiger partial charge on any atom is -0.499 e. The van der Waals surface area contributed by atoms with Crippen molar-refractivity contribution in [2.45, 2.75) is 0 Å². The van der Waals surface area contributed by atoms with E-state index < -0.39 is 0 Å². The molecule has 1 aliphatic heterocycles. The molecule has 13 heavy (non-hydrogen) atoms. The third kappa shape index (κ3) is 0.942. The summed E-state index contributed by atoms with van der Waals surface area (Å²) in [5, 5.41) is 19.3. The molecule has 0 aromatic carbocycles. The first-order valence-corrected chi connectivity index (χ1v) is 5.51. The van der Waals surface area contributed by atoms with E-state index in [9.17, 15) is 10.2 Å². The normalized spacial score (nSPS) is 12.3. The third-order valence-electron chi connectivity index (χ3n) is 2.18. The molecule has 0 saturated heterocycles. The Bertz CT molecular complexity index is 442. The molecule has 0 amide bonds. The third-order valence-corrected chi connectivity index (χ3v) is 4.30. The highest BCUT2D eigenvalue weighted by atomic mass is 32.1. The summed E-state index contributed by atoms with van der Waals surface area (Å²) in [7, 11) is 0.846. The fourth-order valence-corrected chi connectivity index (χ4v) is 3.72. The summed E-state index contributed by atoms with van der Waals surface area (Å²) in [6.07, 6.45) is 0. The molecular weight excluding hydrogens is 203 g/mol. The predicted molar refractivity (Wildman–Crippen MR) is 57.4 cm³/mol. The Hall–Kier alpha value is -0.935. The Balaban J connectivity index is 2.28. The molecule has 0 fully saturated rings. The second-order valence-electron chi connectivity index (χ2n) is 3.05. The summed E-state index contributed by atoms with van der Waals surface area (Å²) in [6.45, 7) is 0. The lowest BCUT2D eigenvalue weighted by atomic mass is 9.69. The minimum absolute atomic E-state index is 0.364.